The molecular formula is C33H31N3O7S. The van der Waals surface area contributed by atoms with Crippen LogP contribution in [0.1, 0.15) is 30.5 Å². The van der Waals surface area contributed by atoms with Crippen molar-refractivity contribution in [1.82, 2.24) is 4.31 Å². The number of carbonyl (C=O) groups is 3. The van der Waals surface area contributed by atoms with E-state index < -0.39 is 34.5 Å². The van der Waals surface area contributed by atoms with Crippen LogP contribution in [0, 0.1) is 0 Å². The summed E-state index contributed by atoms with van der Waals surface area (Å²) < 4.78 is 40.0. The van der Waals surface area contributed by atoms with Gasteiger partial charge in [-0.25, -0.2) is 8.42 Å². The molecule has 0 aliphatic carbocycles. The Kier molecular flexibility index (Phi) is 9.37. The molecule has 0 bridgehead atoms. The van der Waals surface area contributed by atoms with Crippen LogP contribution in [0.15, 0.2) is 108 Å². The number of para-hydroxylation sites is 3. The van der Waals surface area contributed by atoms with Crippen LogP contribution < -0.4 is 15.4 Å². The van der Waals surface area contributed by atoms with Crippen LogP contribution in [0.4, 0.5) is 11.4 Å². The summed E-state index contributed by atoms with van der Waals surface area (Å²) in [6, 6.07) is 28.4. The lowest BCUT2D eigenvalue weighted by Crippen LogP contribution is -2.41. The summed E-state index contributed by atoms with van der Waals surface area (Å²) in [4.78, 5) is 37.2. The van der Waals surface area contributed by atoms with E-state index in [2.05, 4.69) is 10.6 Å². The number of amides is 2. The summed E-state index contributed by atoms with van der Waals surface area (Å²) in [7, 11) is -4.03. The van der Waals surface area contributed by atoms with Gasteiger partial charge in [0.2, 0.25) is 15.9 Å². The zero-order valence-corrected chi connectivity index (χ0v) is 24.8. The zero-order valence-electron chi connectivity index (χ0n) is 23.9. The van der Waals surface area contributed by atoms with Gasteiger partial charge in [-0.05, 0) is 66.1 Å². The lowest BCUT2D eigenvalue weighted by Gasteiger charge is -2.36. The minimum atomic E-state index is -4.03. The standard InChI is InChI=1S/C33H31N3O7S/c1-23(37)34-25-15-17-27(18-16-25)44(40,41)36-20-19-24-9-5-6-12-28(24)30(36)21-33(39)42-22-32(38)35-29-13-7-8-14-31(29)43-26-10-3-2-4-11-26/h2-18,30H,19-22H2,1H3,(H,34,37)(H,35,38)/t30-/m0/s1. The SMILES string of the molecule is CC(=O)Nc1ccc(S(=O)(=O)N2CCc3ccccc3[C@@H]2CC(=O)OCC(=O)Nc2ccccc2Oc2ccccc2)cc1. The Hall–Kier alpha value is -5.00. The Morgan fingerprint density at radius 2 is 1.52 bits per heavy atom. The molecular weight excluding hydrogens is 582 g/mol. The maximum Gasteiger partial charge on any atom is 0.308 e. The molecule has 4 aromatic carbocycles. The summed E-state index contributed by atoms with van der Waals surface area (Å²) in [5.41, 5.74) is 2.50. The number of carbonyl (C=O) groups excluding carboxylic acids is 3. The number of hydrogen-bond donors (Lipinski definition) is 2. The first kappa shape index (κ1) is 30.5. The van der Waals surface area contributed by atoms with Crippen molar-refractivity contribution in [3.05, 3.63) is 114 Å². The third kappa shape index (κ3) is 7.31. The Balaban J connectivity index is 1.27. The molecule has 0 unspecified atom stereocenters. The number of anilines is 2. The van der Waals surface area contributed by atoms with Crippen molar-refractivity contribution in [1.29, 1.82) is 0 Å². The van der Waals surface area contributed by atoms with E-state index in [1.54, 1.807) is 48.5 Å². The minimum Gasteiger partial charge on any atom is -0.456 e. The van der Waals surface area contributed by atoms with Gasteiger partial charge in [0.15, 0.2) is 12.4 Å². The van der Waals surface area contributed by atoms with Gasteiger partial charge in [0.05, 0.1) is 23.0 Å². The Labute approximate surface area is 255 Å². The number of sulfonamides is 1. The highest BCUT2D eigenvalue weighted by Crippen LogP contribution is 2.37. The Morgan fingerprint density at radius 1 is 0.841 bits per heavy atom. The van der Waals surface area contributed by atoms with Gasteiger partial charge in [-0.2, -0.15) is 4.31 Å². The zero-order chi connectivity index (χ0) is 31.1. The lowest BCUT2D eigenvalue weighted by atomic mass is 9.92. The number of benzene rings is 4. The average molecular weight is 614 g/mol. The van der Waals surface area contributed by atoms with E-state index in [4.69, 9.17) is 9.47 Å². The van der Waals surface area contributed by atoms with Gasteiger partial charge in [-0.15, -0.1) is 0 Å². The highest BCUT2D eigenvalue weighted by molar-refractivity contribution is 7.89. The molecule has 2 amide bonds. The smallest absolute Gasteiger partial charge is 0.308 e. The first-order chi connectivity index (χ1) is 21.2. The first-order valence-corrected chi connectivity index (χ1v) is 15.4. The van der Waals surface area contributed by atoms with Crippen molar-refractivity contribution < 1.29 is 32.3 Å². The molecule has 10 nitrogen and oxygen atoms in total. The second-order valence-corrected chi connectivity index (χ2v) is 12.0. The normalized spacial score (nSPS) is 14.6. The van der Waals surface area contributed by atoms with Crippen molar-refractivity contribution in [3.8, 4) is 11.5 Å². The quantitative estimate of drug-likeness (QED) is 0.232. The van der Waals surface area contributed by atoms with Crippen LogP contribution in [-0.2, 0) is 35.6 Å². The van der Waals surface area contributed by atoms with Crippen molar-refractivity contribution in [3.63, 3.8) is 0 Å². The molecule has 0 fully saturated rings. The fraction of sp³-hybridized carbons (Fsp3) is 0.182. The molecule has 1 aliphatic rings. The largest absolute Gasteiger partial charge is 0.456 e. The molecule has 0 aromatic heterocycles. The van der Waals surface area contributed by atoms with Gasteiger partial charge in [-0.3, -0.25) is 14.4 Å². The van der Waals surface area contributed by atoms with E-state index in [1.807, 2.05) is 30.3 Å². The molecule has 1 atom stereocenters. The van der Waals surface area contributed by atoms with Crippen LogP contribution in [0.3, 0.4) is 0 Å². The van der Waals surface area contributed by atoms with Crippen LogP contribution >= 0.6 is 0 Å². The molecule has 2 N–H and O–H groups in total. The van der Waals surface area contributed by atoms with Crippen LogP contribution in [0.25, 0.3) is 0 Å². The number of fused-ring (bicyclic) bond motifs is 1. The van der Waals surface area contributed by atoms with Crippen LogP contribution in [0.2, 0.25) is 0 Å². The molecule has 1 aliphatic heterocycles. The third-order valence-corrected chi connectivity index (χ3v) is 8.92. The molecule has 0 radical (unpaired) electrons. The average Bonchev–Trinajstić information content (AvgIpc) is 3.01. The number of nitrogens with one attached hydrogen (secondary N) is 2. The maximum absolute atomic E-state index is 13.8. The topological polar surface area (TPSA) is 131 Å². The van der Waals surface area contributed by atoms with E-state index in [0.29, 0.717) is 34.9 Å². The van der Waals surface area contributed by atoms with E-state index in [9.17, 15) is 22.8 Å². The second-order valence-electron chi connectivity index (χ2n) is 10.1. The van der Waals surface area contributed by atoms with E-state index in [1.165, 1.54) is 35.5 Å². The van der Waals surface area contributed by atoms with E-state index in [0.717, 1.165) is 5.56 Å². The molecule has 0 saturated heterocycles. The summed E-state index contributed by atoms with van der Waals surface area (Å²) in [5.74, 6) is -0.558. The highest BCUT2D eigenvalue weighted by Gasteiger charge is 2.38. The number of rotatable bonds is 10. The molecule has 226 valence electrons. The monoisotopic (exact) mass is 613 g/mol. The maximum atomic E-state index is 13.8. The van der Waals surface area contributed by atoms with Crippen molar-refractivity contribution >= 4 is 39.2 Å². The van der Waals surface area contributed by atoms with E-state index >= 15 is 0 Å². The predicted molar refractivity (Wildman–Crippen MR) is 165 cm³/mol. The second kappa shape index (κ2) is 13.5. The molecule has 11 heteroatoms. The van der Waals surface area contributed by atoms with Gasteiger partial charge >= 0.3 is 5.97 Å². The van der Waals surface area contributed by atoms with Gasteiger partial charge in [0, 0.05) is 19.2 Å². The molecule has 0 saturated carbocycles. The van der Waals surface area contributed by atoms with E-state index in [-0.39, 0.29) is 23.8 Å². The van der Waals surface area contributed by atoms with Crippen molar-refractivity contribution in [2.24, 2.45) is 0 Å². The molecule has 5 rings (SSSR count). The fourth-order valence-electron chi connectivity index (χ4n) is 5.00. The fourth-order valence-corrected chi connectivity index (χ4v) is 6.61. The summed E-state index contributed by atoms with van der Waals surface area (Å²) in [6.45, 7) is 0.955. The molecule has 0 spiro atoms. The van der Waals surface area contributed by atoms with Crippen molar-refractivity contribution in [2.45, 2.75) is 30.7 Å². The van der Waals surface area contributed by atoms with Gasteiger partial charge < -0.3 is 20.1 Å². The van der Waals surface area contributed by atoms with Crippen LogP contribution in [0.5, 0.6) is 11.5 Å². The third-order valence-electron chi connectivity index (χ3n) is 7.00. The highest BCUT2D eigenvalue weighted by atomic mass is 32.2. The summed E-state index contributed by atoms with van der Waals surface area (Å²) >= 11 is 0. The predicted octanol–water partition coefficient (Wildman–Crippen LogP) is 5.30. The molecule has 1 heterocycles. The lowest BCUT2D eigenvalue weighted by molar-refractivity contribution is -0.148. The number of hydrogen-bond acceptors (Lipinski definition) is 7. The van der Waals surface area contributed by atoms with Crippen LogP contribution in [-0.4, -0.2) is 43.7 Å². The Morgan fingerprint density at radius 3 is 2.27 bits per heavy atom. The van der Waals surface area contributed by atoms with Gasteiger partial charge in [0.1, 0.15) is 5.75 Å². The number of nitrogens with zero attached hydrogens (tertiary/aromatic N) is 1. The number of ether oxygens (including phenoxy) is 2. The summed E-state index contributed by atoms with van der Waals surface area (Å²) in [5, 5.41) is 5.32. The minimum absolute atomic E-state index is 0.0279. The number of esters is 1. The molecule has 4 aromatic rings. The van der Waals surface area contributed by atoms with Gasteiger partial charge in [-0.1, -0.05) is 54.6 Å². The summed E-state index contributed by atoms with van der Waals surface area (Å²) in [6.07, 6.45) is 0.180. The molecule has 44 heavy (non-hydrogen) atoms. The Bertz CT molecular complexity index is 1760. The first-order valence-electron chi connectivity index (χ1n) is 14.0. The van der Waals surface area contributed by atoms with Gasteiger partial charge in [0.25, 0.3) is 5.91 Å². The van der Waals surface area contributed by atoms with Crippen molar-refractivity contribution in [2.75, 3.05) is 23.8 Å².